The van der Waals surface area contributed by atoms with Gasteiger partial charge in [0.25, 0.3) is 5.91 Å². The number of nitriles is 1. The van der Waals surface area contributed by atoms with Gasteiger partial charge in [-0.1, -0.05) is 29.8 Å². The zero-order valence-electron chi connectivity index (χ0n) is 19.0. The van der Waals surface area contributed by atoms with Crippen LogP contribution in [0.2, 0.25) is 5.02 Å². The summed E-state index contributed by atoms with van der Waals surface area (Å²) in [5.74, 6) is -0.663. The first-order valence-corrected chi connectivity index (χ1v) is 11.9. The second kappa shape index (κ2) is 9.00. The van der Waals surface area contributed by atoms with E-state index in [1.54, 1.807) is 4.90 Å². The number of benzene rings is 2. The molecule has 8 nitrogen and oxygen atoms in total. The van der Waals surface area contributed by atoms with E-state index in [-0.39, 0.29) is 19.0 Å². The van der Waals surface area contributed by atoms with Crippen LogP contribution in [0.3, 0.4) is 0 Å². The molecule has 0 saturated carbocycles. The molecule has 3 heterocycles. The summed E-state index contributed by atoms with van der Waals surface area (Å²) in [5.41, 5.74) is 2.74. The molecule has 1 saturated heterocycles. The minimum atomic E-state index is -1.48. The summed E-state index contributed by atoms with van der Waals surface area (Å²) in [6.07, 6.45) is -0.356. The highest BCUT2D eigenvalue weighted by Gasteiger charge is 2.59. The Balaban J connectivity index is 1.48. The number of nitrogens with zero attached hydrogens (tertiary/aromatic N) is 4. The van der Waals surface area contributed by atoms with E-state index in [0.717, 1.165) is 27.8 Å². The molecule has 0 unspecified atom stereocenters. The number of hydrogen-bond acceptors (Lipinski definition) is 5. The van der Waals surface area contributed by atoms with Crippen molar-refractivity contribution in [3.05, 3.63) is 64.8 Å². The van der Waals surface area contributed by atoms with E-state index in [1.165, 1.54) is 4.90 Å². The number of hydrogen-bond donors (Lipinski definition) is 2. The van der Waals surface area contributed by atoms with Gasteiger partial charge in [0.1, 0.15) is 5.41 Å². The maximum Gasteiger partial charge on any atom is 0.253 e. The molecule has 1 aromatic heterocycles. The molecule has 0 bridgehead atoms. The fourth-order valence-electron chi connectivity index (χ4n) is 5.28. The van der Waals surface area contributed by atoms with Gasteiger partial charge in [-0.05, 0) is 42.3 Å². The number of carbonyl (C=O) groups is 2. The quantitative estimate of drug-likeness (QED) is 0.493. The predicted octanol–water partition coefficient (Wildman–Crippen LogP) is 2.58. The van der Waals surface area contributed by atoms with Crippen LogP contribution in [0.5, 0.6) is 0 Å². The summed E-state index contributed by atoms with van der Waals surface area (Å²) in [6, 6.07) is 17.5. The summed E-state index contributed by atoms with van der Waals surface area (Å²) in [6.45, 7) is 0.652. The van der Waals surface area contributed by atoms with Gasteiger partial charge < -0.3 is 24.6 Å². The Morgan fingerprint density at radius 2 is 1.97 bits per heavy atom. The maximum absolute atomic E-state index is 13.8. The molecule has 0 aliphatic carbocycles. The lowest BCUT2D eigenvalue weighted by atomic mass is 9.74. The van der Waals surface area contributed by atoms with E-state index in [4.69, 9.17) is 22.0 Å². The number of fused-ring (bicyclic) bond motifs is 3. The molecule has 2 aliphatic rings. The van der Waals surface area contributed by atoms with Crippen molar-refractivity contribution in [2.45, 2.75) is 37.5 Å². The van der Waals surface area contributed by atoms with Gasteiger partial charge in [-0.2, -0.15) is 5.26 Å². The van der Waals surface area contributed by atoms with Crippen molar-refractivity contribution >= 4 is 40.0 Å². The number of para-hydroxylation sites is 1. The number of amides is 2. The van der Waals surface area contributed by atoms with Gasteiger partial charge in [0.15, 0.2) is 6.10 Å². The fraction of sp³-hybridized carbons (Fsp3) is 0.346. The average molecular weight is 493 g/mol. The molecule has 2 aromatic carbocycles. The highest BCUT2D eigenvalue weighted by atomic mass is 35.5. The number of rotatable bonds is 7. The van der Waals surface area contributed by atoms with Gasteiger partial charge in [-0.15, -0.1) is 0 Å². The number of aliphatic hydroxyl groups is 2. The van der Waals surface area contributed by atoms with Gasteiger partial charge in [-0.3, -0.25) is 9.59 Å². The fourth-order valence-corrected chi connectivity index (χ4v) is 5.46. The maximum atomic E-state index is 13.8. The second-order valence-corrected chi connectivity index (χ2v) is 9.57. The van der Waals surface area contributed by atoms with Crippen molar-refractivity contribution in [3.63, 3.8) is 0 Å². The van der Waals surface area contributed by atoms with Crippen molar-refractivity contribution in [1.29, 1.82) is 5.26 Å². The number of anilines is 1. The lowest BCUT2D eigenvalue weighted by Gasteiger charge is -2.47. The number of aromatic nitrogens is 1. The molecule has 2 amide bonds. The first kappa shape index (κ1) is 23.4. The van der Waals surface area contributed by atoms with Crippen LogP contribution in [0.1, 0.15) is 24.1 Å². The van der Waals surface area contributed by atoms with Crippen LogP contribution in [0.4, 0.5) is 5.69 Å². The van der Waals surface area contributed by atoms with Crippen molar-refractivity contribution in [3.8, 4) is 6.07 Å². The lowest BCUT2D eigenvalue weighted by Crippen LogP contribution is -2.66. The van der Waals surface area contributed by atoms with Crippen molar-refractivity contribution in [1.82, 2.24) is 9.47 Å². The van der Waals surface area contributed by atoms with E-state index in [1.807, 2.05) is 48.5 Å². The summed E-state index contributed by atoms with van der Waals surface area (Å²) < 4.78 is 2.14. The molecule has 1 spiro atoms. The van der Waals surface area contributed by atoms with Gasteiger partial charge in [0.2, 0.25) is 5.91 Å². The molecule has 180 valence electrons. The molecule has 0 radical (unpaired) electrons. The van der Waals surface area contributed by atoms with Gasteiger partial charge in [-0.25, -0.2) is 0 Å². The smallest absolute Gasteiger partial charge is 0.253 e. The first-order chi connectivity index (χ1) is 16.9. The number of unbranched alkanes of at least 4 members (excludes halogenated alkanes) is 1. The van der Waals surface area contributed by atoms with Crippen molar-refractivity contribution in [2.75, 3.05) is 24.6 Å². The molecule has 2 N–H and O–H groups in total. The van der Waals surface area contributed by atoms with E-state index >= 15 is 0 Å². The summed E-state index contributed by atoms with van der Waals surface area (Å²) in [4.78, 5) is 29.3. The van der Waals surface area contributed by atoms with E-state index in [9.17, 15) is 14.7 Å². The zero-order chi connectivity index (χ0) is 24.7. The largest absolute Gasteiger partial charge is 0.393 e. The van der Waals surface area contributed by atoms with Crippen LogP contribution in [-0.2, 0) is 28.1 Å². The Bertz CT molecular complexity index is 1360. The van der Waals surface area contributed by atoms with Gasteiger partial charge in [0.05, 0.1) is 19.2 Å². The number of halogens is 1. The number of likely N-dealkylation sites (tertiary alicyclic amines) is 1. The lowest BCUT2D eigenvalue weighted by molar-refractivity contribution is -0.153. The summed E-state index contributed by atoms with van der Waals surface area (Å²) in [7, 11) is 0. The minimum Gasteiger partial charge on any atom is -0.393 e. The van der Waals surface area contributed by atoms with E-state index in [2.05, 4.69) is 10.6 Å². The van der Waals surface area contributed by atoms with Gasteiger partial charge >= 0.3 is 0 Å². The van der Waals surface area contributed by atoms with Crippen LogP contribution < -0.4 is 4.90 Å². The predicted molar refractivity (Wildman–Crippen MR) is 131 cm³/mol. The molecule has 9 heteroatoms. The second-order valence-electron chi connectivity index (χ2n) is 9.14. The minimum absolute atomic E-state index is 0.0897. The standard InChI is InChI=1S/C26H25ClN4O4/c27-18-7-8-21-17(11-18)12-19(30(21)10-4-3-9-28)13-31-22-6-2-1-5-20(22)26(25(31)35)15-29(16-26)24(34)23(33)14-32/h1-2,5-8,11-12,23,32-33H,3-4,10,13-16H2/t23-/m1/s1. The van der Waals surface area contributed by atoms with Crippen molar-refractivity contribution < 1.29 is 19.8 Å². The normalized spacial score (nSPS) is 16.9. The number of aryl methyl sites for hydroxylation is 1. The van der Waals surface area contributed by atoms with Crippen LogP contribution >= 0.6 is 11.6 Å². The van der Waals surface area contributed by atoms with E-state index in [0.29, 0.717) is 31.0 Å². The molecular formula is C26H25ClN4O4. The molecule has 5 rings (SSSR count). The molecule has 3 aromatic rings. The third kappa shape index (κ3) is 3.76. The molecule has 2 aliphatic heterocycles. The Morgan fingerprint density at radius 1 is 1.20 bits per heavy atom. The molecule has 1 fully saturated rings. The van der Waals surface area contributed by atoms with Crippen molar-refractivity contribution in [2.24, 2.45) is 0 Å². The monoisotopic (exact) mass is 492 g/mol. The topological polar surface area (TPSA) is 110 Å². The number of carbonyl (C=O) groups excluding carboxylic acids is 2. The Hall–Kier alpha value is -3.38. The third-order valence-electron chi connectivity index (χ3n) is 7.00. The number of aliphatic hydroxyl groups excluding tert-OH is 2. The van der Waals surface area contributed by atoms with Crippen LogP contribution in [-0.4, -0.2) is 57.3 Å². The highest BCUT2D eigenvalue weighted by molar-refractivity contribution is 6.31. The molecule has 1 atom stereocenters. The van der Waals surface area contributed by atoms with Crippen LogP contribution in [0, 0.1) is 11.3 Å². The summed E-state index contributed by atoms with van der Waals surface area (Å²) >= 11 is 6.22. The van der Waals surface area contributed by atoms with Gasteiger partial charge in [0, 0.05) is 53.4 Å². The Morgan fingerprint density at radius 3 is 2.71 bits per heavy atom. The van der Waals surface area contributed by atoms with Crippen LogP contribution in [0.25, 0.3) is 10.9 Å². The molecule has 35 heavy (non-hydrogen) atoms. The Kier molecular flexibility index (Phi) is 6.01. The molecular weight excluding hydrogens is 468 g/mol. The third-order valence-corrected chi connectivity index (χ3v) is 7.23. The average Bonchev–Trinajstić information content (AvgIpc) is 3.29. The Labute approximate surface area is 207 Å². The zero-order valence-corrected chi connectivity index (χ0v) is 19.8. The van der Waals surface area contributed by atoms with Crippen LogP contribution in [0.15, 0.2) is 48.5 Å². The highest BCUT2D eigenvalue weighted by Crippen LogP contribution is 2.48. The first-order valence-electron chi connectivity index (χ1n) is 11.5. The van der Waals surface area contributed by atoms with E-state index < -0.39 is 24.0 Å². The summed E-state index contributed by atoms with van der Waals surface area (Å²) in [5, 5.41) is 29.5. The SMILES string of the molecule is N#CCCCn1c(CN2C(=O)C3(CN(C(=O)[C@H](O)CO)C3)c3ccccc32)cc2cc(Cl)ccc21.